The summed E-state index contributed by atoms with van der Waals surface area (Å²) in [5, 5.41) is 0.231. The average molecular weight is 266 g/mol. The zero-order valence-corrected chi connectivity index (χ0v) is 10.6. The highest BCUT2D eigenvalue weighted by molar-refractivity contribution is 6.32. The third-order valence-electron chi connectivity index (χ3n) is 2.52. The van der Waals surface area contributed by atoms with Gasteiger partial charge >= 0.3 is 0 Å². The normalized spacial score (nSPS) is 12.2. The predicted octanol–water partition coefficient (Wildman–Crippen LogP) is 4.29. The zero-order valence-electron chi connectivity index (χ0n) is 9.86. The monoisotopic (exact) mass is 265 g/mol. The van der Waals surface area contributed by atoms with E-state index in [1.807, 2.05) is 25.1 Å². The van der Waals surface area contributed by atoms with Crippen molar-refractivity contribution >= 4 is 11.6 Å². The fourth-order valence-corrected chi connectivity index (χ4v) is 1.83. The second kappa shape index (κ2) is 5.38. The Kier molecular flexibility index (Phi) is 3.84. The van der Waals surface area contributed by atoms with Gasteiger partial charge < -0.3 is 10.5 Å². The van der Waals surface area contributed by atoms with E-state index >= 15 is 0 Å². The van der Waals surface area contributed by atoms with Crippen molar-refractivity contribution in [2.24, 2.45) is 5.73 Å². The van der Waals surface area contributed by atoms with E-state index in [9.17, 15) is 4.39 Å². The maximum Gasteiger partial charge on any atom is 0.146 e. The summed E-state index contributed by atoms with van der Waals surface area (Å²) in [5.41, 5.74) is 6.73. The molecule has 0 heterocycles. The summed E-state index contributed by atoms with van der Waals surface area (Å²) in [6.45, 7) is 1.87. The van der Waals surface area contributed by atoms with Crippen LogP contribution in [0.2, 0.25) is 5.02 Å². The fourth-order valence-electron chi connectivity index (χ4n) is 1.63. The molecule has 1 atom stereocenters. The zero-order chi connectivity index (χ0) is 13.1. The Labute approximate surface area is 110 Å². The van der Waals surface area contributed by atoms with Crippen molar-refractivity contribution in [3.05, 3.63) is 58.9 Å². The summed E-state index contributed by atoms with van der Waals surface area (Å²) >= 11 is 5.92. The van der Waals surface area contributed by atoms with Gasteiger partial charge in [0.15, 0.2) is 0 Å². The first-order valence-corrected chi connectivity index (χ1v) is 5.93. The van der Waals surface area contributed by atoms with Crippen molar-refractivity contribution in [2.45, 2.75) is 13.0 Å². The molecule has 0 saturated heterocycles. The van der Waals surface area contributed by atoms with Crippen LogP contribution >= 0.6 is 11.6 Å². The maximum absolute atomic E-state index is 12.9. The minimum Gasteiger partial charge on any atom is -0.455 e. The van der Waals surface area contributed by atoms with Crippen LogP contribution in [0.1, 0.15) is 18.5 Å². The molecule has 0 spiro atoms. The molecule has 18 heavy (non-hydrogen) atoms. The van der Waals surface area contributed by atoms with E-state index in [1.54, 1.807) is 6.07 Å². The highest BCUT2D eigenvalue weighted by Crippen LogP contribution is 2.33. The topological polar surface area (TPSA) is 35.2 Å². The quantitative estimate of drug-likeness (QED) is 0.898. The molecule has 2 aromatic carbocycles. The van der Waals surface area contributed by atoms with Crippen molar-refractivity contribution < 1.29 is 9.13 Å². The van der Waals surface area contributed by atoms with Crippen molar-refractivity contribution in [2.75, 3.05) is 0 Å². The SMILES string of the molecule is C[C@@H](N)c1ccccc1Oc1ccc(F)cc1Cl. The number of benzene rings is 2. The van der Waals surface area contributed by atoms with E-state index in [0.29, 0.717) is 11.5 Å². The van der Waals surface area contributed by atoms with Crippen LogP contribution in [0, 0.1) is 5.82 Å². The van der Waals surface area contributed by atoms with Gasteiger partial charge in [0.2, 0.25) is 0 Å². The fraction of sp³-hybridized carbons (Fsp3) is 0.143. The number of para-hydroxylation sites is 1. The van der Waals surface area contributed by atoms with Crippen LogP contribution in [0.4, 0.5) is 4.39 Å². The number of rotatable bonds is 3. The van der Waals surface area contributed by atoms with Gasteiger partial charge in [-0.05, 0) is 31.2 Å². The van der Waals surface area contributed by atoms with Crippen molar-refractivity contribution in [1.29, 1.82) is 0 Å². The standard InChI is InChI=1S/C14H13ClFNO/c1-9(17)11-4-2-3-5-13(11)18-14-7-6-10(16)8-12(14)15/h2-9H,17H2,1H3/t9-/m1/s1. The second-order valence-electron chi connectivity index (χ2n) is 4.00. The van der Waals surface area contributed by atoms with E-state index in [2.05, 4.69) is 0 Å². The summed E-state index contributed by atoms with van der Waals surface area (Å²) < 4.78 is 18.6. The highest BCUT2D eigenvalue weighted by Gasteiger charge is 2.10. The summed E-state index contributed by atoms with van der Waals surface area (Å²) in [7, 11) is 0. The number of halogens is 2. The molecule has 94 valence electrons. The lowest BCUT2D eigenvalue weighted by Crippen LogP contribution is -2.06. The molecule has 2 nitrogen and oxygen atoms in total. The van der Waals surface area contributed by atoms with Gasteiger partial charge in [0, 0.05) is 11.6 Å². The molecule has 0 aromatic heterocycles. The number of hydrogen-bond acceptors (Lipinski definition) is 2. The maximum atomic E-state index is 12.9. The predicted molar refractivity (Wildman–Crippen MR) is 70.5 cm³/mol. The van der Waals surface area contributed by atoms with Gasteiger partial charge in [-0.15, -0.1) is 0 Å². The van der Waals surface area contributed by atoms with Crippen LogP contribution in [-0.2, 0) is 0 Å². The van der Waals surface area contributed by atoms with Crippen LogP contribution in [0.15, 0.2) is 42.5 Å². The lowest BCUT2D eigenvalue weighted by atomic mass is 10.1. The third-order valence-corrected chi connectivity index (χ3v) is 2.82. The first-order chi connectivity index (χ1) is 8.58. The molecule has 4 heteroatoms. The first kappa shape index (κ1) is 12.9. The first-order valence-electron chi connectivity index (χ1n) is 5.55. The van der Waals surface area contributed by atoms with Crippen LogP contribution in [0.5, 0.6) is 11.5 Å². The molecule has 0 fully saturated rings. The van der Waals surface area contributed by atoms with E-state index in [-0.39, 0.29) is 11.1 Å². The van der Waals surface area contributed by atoms with E-state index in [1.165, 1.54) is 18.2 Å². The van der Waals surface area contributed by atoms with Crippen LogP contribution in [0.3, 0.4) is 0 Å². The Hall–Kier alpha value is -1.58. The third kappa shape index (κ3) is 2.81. The Balaban J connectivity index is 2.34. The lowest BCUT2D eigenvalue weighted by Gasteiger charge is -2.14. The van der Waals surface area contributed by atoms with Gasteiger partial charge in [0.05, 0.1) is 5.02 Å². The van der Waals surface area contributed by atoms with Gasteiger partial charge in [-0.3, -0.25) is 0 Å². The molecule has 2 rings (SSSR count). The lowest BCUT2D eigenvalue weighted by molar-refractivity contribution is 0.470. The van der Waals surface area contributed by atoms with Crippen LogP contribution in [-0.4, -0.2) is 0 Å². The molecule has 0 saturated carbocycles. The summed E-state index contributed by atoms with van der Waals surface area (Å²) in [5.74, 6) is 0.639. The highest BCUT2D eigenvalue weighted by atomic mass is 35.5. The Morgan fingerprint density at radius 1 is 1.17 bits per heavy atom. The van der Waals surface area contributed by atoms with E-state index in [4.69, 9.17) is 22.1 Å². The number of ether oxygens (including phenoxy) is 1. The largest absolute Gasteiger partial charge is 0.455 e. The summed E-state index contributed by atoms with van der Waals surface area (Å²) in [6, 6.07) is 11.3. The summed E-state index contributed by atoms with van der Waals surface area (Å²) in [6.07, 6.45) is 0. The molecule has 0 radical (unpaired) electrons. The van der Waals surface area contributed by atoms with Gasteiger partial charge in [-0.2, -0.15) is 0 Å². The molecular formula is C14H13ClFNO. The second-order valence-corrected chi connectivity index (χ2v) is 4.41. The molecule has 0 unspecified atom stereocenters. The Morgan fingerprint density at radius 3 is 2.56 bits per heavy atom. The molecule has 0 aliphatic carbocycles. The molecule has 2 aromatic rings. The number of nitrogens with two attached hydrogens (primary N) is 1. The van der Waals surface area contributed by atoms with Crippen molar-refractivity contribution in [1.82, 2.24) is 0 Å². The molecule has 2 N–H and O–H groups in total. The average Bonchev–Trinajstić information content (AvgIpc) is 2.33. The van der Waals surface area contributed by atoms with Gasteiger partial charge in [-0.1, -0.05) is 29.8 Å². The van der Waals surface area contributed by atoms with E-state index in [0.717, 1.165) is 5.56 Å². The van der Waals surface area contributed by atoms with Gasteiger partial charge in [0.25, 0.3) is 0 Å². The molecular weight excluding hydrogens is 253 g/mol. The van der Waals surface area contributed by atoms with Crippen molar-refractivity contribution in [3.63, 3.8) is 0 Å². The Morgan fingerprint density at radius 2 is 1.89 bits per heavy atom. The number of hydrogen-bond donors (Lipinski definition) is 1. The van der Waals surface area contributed by atoms with Crippen LogP contribution < -0.4 is 10.5 Å². The smallest absolute Gasteiger partial charge is 0.146 e. The van der Waals surface area contributed by atoms with Crippen LogP contribution in [0.25, 0.3) is 0 Å². The molecule has 0 aliphatic heterocycles. The minimum absolute atomic E-state index is 0.152. The minimum atomic E-state index is -0.396. The molecule has 0 aliphatic rings. The van der Waals surface area contributed by atoms with Crippen molar-refractivity contribution in [3.8, 4) is 11.5 Å². The molecule has 0 amide bonds. The Bertz CT molecular complexity index is 557. The van der Waals surface area contributed by atoms with E-state index < -0.39 is 5.82 Å². The molecule has 0 bridgehead atoms. The van der Waals surface area contributed by atoms with Gasteiger partial charge in [0.1, 0.15) is 17.3 Å². The van der Waals surface area contributed by atoms with Gasteiger partial charge in [-0.25, -0.2) is 4.39 Å². The summed E-state index contributed by atoms with van der Waals surface area (Å²) in [4.78, 5) is 0.